The minimum atomic E-state index is -0.262. The molecule has 4 aromatic rings. The number of carbonyl (C=O) groups excluding carboxylic acids is 1. The molecule has 0 unspecified atom stereocenters. The summed E-state index contributed by atoms with van der Waals surface area (Å²) in [6.07, 6.45) is 2.98. The standard InChI is InChI=1S/C23H21N5O3S/c1-16-5-9-18(10-6-16)28-22(17-7-11-19(30-2)12-8-17)26-27-23(28)32-15-21(29)25-24-14-20-4-3-13-31-20/h3-14H,15H2,1-2H3,(H,25,29). The van der Waals surface area contributed by atoms with Crippen LogP contribution in [0.3, 0.4) is 0 Å². The van der Waals surface area contributed by atoms with E-state index in [4.69, 9.17) is 9.15 Å². The fraction of sp³-hybridized carbons (Fsp3) is 0.130. The lowest BCUT2D eigenvalue weighted by atomic mass is 10.2. The van der Waals surface area contributed by atoms with E-state index in [1.807, 2.05) is 60.0 Å². The summed E-state index contributed by atoms with van der Waals surface area (Å²) < 4.78 is 12.3. The highest BCUT2D eigenvalue weighted by molar-refractivity contribution is 7.99. The zero-order chi connectivity index (χ0) is 22.3. The lowest BCUT2D eigenvalue weighted by Gasteiger charge is -2.11. The molecule has 0 saturated carbocycles. The van der Waals surface area contributed by atoms with E-state index in [0.717, 1.165) is 22.6 Å². The molecule has 0 aliphatic carbocycles. The molecule has 32 heavy (non-hydrogen) atoms. The molecule has 0 radical (unpaired) electrons. The predicted octanol–water partition coefficient (Wildman–Crippen LogP) is 4.09. The molecule has 0 spiro atoms. The van der Waals surface area contributed by atoms with Gasteiger partial charge >= 0.3 is 0 Å². The highest BCUT2D eigenvalue weighted by Crippen LogP contribution is 2.29. The number of nitrogens with one attached hydrogen (secondary N) is 1. The third kappa shape index (κ3) is 5.06. The number of rotatable bonds is 8. The van der Waals surface area contributed by atoms with Crippen LogP contribution in [0.2, 0.25) is 0 Å². The first-order valence-electron chi connectivity index (χ1n) is 9.79. The monoisotopic (exact) mass is 447 g/mol. The number of aromatic nitrogens is 3. The van der Waals surface area contributed by atoms with Gasteiger partial charge in [-0.2, -0.15) is 5.10 Å². The number of benzene rings is 2. The smallest absolute Gasteiger partial charge is 0.250 e. The number of aryl methyl sites for hydroxylation is 1. The molecule has 0 bridgehead atoms. The van der Waals surface area contributed by atoms with Gasteiger partial charge in [-0.1, -0.05) is 29.5 Å². The zero-order valence-electron chi connectivity index (χ0n) is 17.6. The maximum atomic E-state index is 12.2. The van der Waals surface area contributed by atoms with Crippen LogP contribution >= 0.6 is 11.8 Å². The van der Waals surface area contributed by atoms with Crippen molar-refractivity contribution in [3.63, 3.8) is 0 Å². The van der Waals surface area contributed by atoms with Crippen LogP contribution in [0, 0.1) is 6.92 Å². The van der Waals surface area contributed by atoms with Gasteiger partial charge in [0.1, 0.15) is 11.5 Å². The summed E-state index contributed by atoms with van der Waals surface area (Å²) in [5, 5.41) is 13.2. The third-order valence-corrected chi connectivity index (χ3v) is 5.46. The molecule has 0 aliphatic heterocycles. The molecule has 162 valence electrons. The largest absolute Gasteiger partial charge is 0.497 e. The Hall–Kier alpha value is -3.85. The fourth-order valence-corrected chi connectivity index (χ4v) is 3.66. The van der Waals surface area contributed by atoms with E-state index in [1.165, 1.54) is 24.2 Å². The average Bonchev–Trinajstić information content (AvgIpc) is 3.48. The van der Waals surface area contributed by atoms with Crippen LogP contribution in [0.25, 0.3) is 17.1 Å². The quantitative estimate of drug-likeness (QED) is 0.248. The second-order valence-electron chi connectivity index (χ2n) is 6.80. The Morgan fingerprint density at radius 3 is 2.62 bits per heavy atom. The van der Waals surface area contributed by atoms with Crippen LogP contribution in [-0.4, -0.2) is 39.7 Å². The van der Waals surface area contributed by atoms with E-state index in [1.54, 1.807) is 19.2 Å². The molecule has 9 heteroatoms. The van der Waals surface area contributed by atoms with Crippen LogP contribution in [-0.2, 0) is 4.79 Å². The van der Waals surface area contributed by atoms with E-state index < -0.39 is 0 Å². The van der Waals surface area contributed by atoms with Crippen molar-refractivity contribution in [3.8, 4) is 22.8 Å². The van der Waals surface area contributed by atoms with Gasteiger partial charge in [0.15, 0.2) is 11.0 Å². The van der Waals surface area contributed by atoms with Crippen LogP contribution in [0.15, 0.2) is 81.6 Å². The van der Waals surface area contributed by atoms with E-state index in [-0.39, 0.29) is 11.7 Å². The minimum absolute atomic E-state index is 0.127. The third-order valence-electron chi connectivity index (χ3n) is 4.53. The minimum Gasteiger partial charge on any atom is -0.497 e. The number of hydrogen-bond donors (Lipinski definition) is 1. The summed E-state index contributed by atoms with van der Waals surface area (Å²) in [4.78, 5) is 12.2. The van der Waals surface area contributed by atoms with Gasteiger partial charge in [-0.05, 0) is 55.5 Å². The van der Waals surface area contributed by atoms with E-state index in [9.17, 15) is 4.79 Å². The number of thioether (sulfide) groups is 1. The van der Waals surface area contributed by atoms with Gasteiger partial charge in [0, 0.05) is 11.3 Å². The summed E-state index contributed by atoms with van der Waals surface area (Å²) in [7, 11) is 1.63. The Labute approximate surface area is 189 Å². The Morgan fingerprint density at radius 2 is 1.94 bits per heavy atom. The van der Waals surface area contributed by atoms with E-state index >= 15 is 0 Å². The zero-order valence-corrected chi connectivity index (χ0v) is 18.4. The maximum absolute atomic E-state index is 12.2. The van der Waals surface area contributed by atoms with Crippen LogP contribution in [0.5, 0.6) is 5.75 Å². The fourth-order valence-electron chi connectivity index (χ4n) is 2.91. The number of hydrazone groups is 1. The number of hydrogen-bond acceptors (Lipinski definition) is 7. The highest BCUT2D eigenvalue weighted by Gasteiger charge is 2.17. The van der Waals surface area contributed by atoms with Gasteiger partial charge in [0.25, 0.3) is 5.91 Å². The molecular formula is C23H21N5O3S. The Bertz CT molecular complexity index is 1200. The molecule has 0 saturated heterocycles. The van der Waals surface area contributed by atoms with Gasteiger partial charge in [0.05, 0.1) is 25.3 Å². The molecule has 2 heterocycles. The molecule has 1 N–H and O–H groups in total. The Balaban J connectivity index is 1.55. The van der Waals surface area contributed by atoms with Gasteiger partial charge in [-0.25, -0.2) is 5.43 Å². The second-order valence-corrected chi connectivity index (χ2v) is 7.75. The Morgan fingerprint density at radius 1 is 1.16 bits per heavy atom. The summed E-state index contributed by atoms with van der Waals surface area (Å²) in [5.41, 5.74) is 5.43. The summed E-state index contributed by atoms with van der Waals surface area (Å²) >= 11 is 1.28. The summed E-state index contributed by atoms with van der Waals surface area (Å²) in [6.45, 7) is 2.03. The first kappa shape index (κ1) is 21.4. The van der Waals surface area contributed by atoms with Crippen LogP contribution in [0.1, 0.15) is 11.3 Å². The molecule has 1 amide bonds. The van der Waals surface area contributed by atoms with Crippen molar-refractivity contribution in [2.45, 2.75) is 12.1 Å². The number of furan rings is 1. The predicted molar refractivity (Wildman–Crippen MR) is 123 cm³/mol. The van der Waals surface area contributed by atoms with Gasteiger partial charge < -0.3 is 9.15 Å². The number of methoxy groups -OCH3 is 1. The first-order valence-corrected chi connectivity index (χ1v) is 10.8. The van der Waals surface area contributed by atoms with Crippen molar-refractivity contribution >= 4 is 23.9 Å². The molecule has 0 atom stereocenters. The molecule has 2 aromatic heterocycles. The molecule has 2 aromatic carbocycles. The number of ether oxygens (including phenoxy) is 1. The van der Waals surface area contributed by atoms with Crippen molar-refractivity contribution in [2.24, 2.45) is 5.10 Å². The summed E-state index contributed by atoms with van der Waals surface area (Å²) in [5.74, 6) is 1.86. The molecule has 8 nitrogen and oxygen atoms in total. The van der Waals surface area contributed by atoms with Crippen molar-refractivity contribution in [1.82, 2.24) is 20.2 Å². The van der Waals surface area contributed by atoms with Crippen LogP contribution < -0.4 is 10.2 Å². The highest BCUT2D eigenvalue weighted by atomic mass is 32.2. The Kier molecular flexibility index (Phi) is 6.66. The van der Waals surface area contributed by atoms with Crippen molar-refractivity contribution in [2.75, 3.05) is 12.9 Å². The van der Waals surface area contributed by atoms with Crippen molar-refractivity contribution < 1.29 is 13.9 Å². The molecule has 0 fully saturated rings. The second kappa shape index (κ2) is 9.97. The topological polar surface area (TPSA) is 94.5 Å². The van der Waals surface area contributed by atoms with Gasteiger partial charge in [-0.15, -0.1) is 10.2 Å². The SMILES string of the molecule is COc1ccc(-c2nnc(SCC(=O)NN=Cc3ccco3)n2-c2ccc(C)cc2)cc1. The van der Waals surface area contributed by atoms with E-state index in [2.05, 4.69) is 20.7 Å². The lowest BCUT2D eigenvalue weighted by Crippen LogP contribution is -2.19. The van der Waals surface area contributed by atoms with Gasteiger partial charge in [0.2, 0.25) is 0 Å². The van der Waals surface area contributed by atoms with Crippen LogP contribution in [0.4, 0.5) is 0 Å². The molecule has 0 aliphatic rings. The van der Waals surface area contributed by atoms with Gasteiger partial charge in [-0.3, -0.25) is 9.36 Å². The van der Waals surface area contributed by atoms with E-state index in [0.29, 0.717) is 16.7 Å². The molecule has 4 rings (SSSR count). The first-order chi connectivity index (χ1) is 15.6. The van der Waals surface area contributed by atoms with Crippen molar-refractivity contribution in [3.05, 3.63) is 78.3 Å². The summed E-state index contributed by atoms with van der Waals surface area (Å²) in [6, 6.07) is 19.2. The number of nitrogens with zero attached hydrogens (tertiary/aromatic N) is 4. The van der Waals surface area contributed by atoms with Crippen molar-refractivity contribution in [1.29, 1.82) is 0 Å². The maximum Gasteiger partial charge on any atom is 0.250 e. The number of carbonyl (C=O) groups is 1. The molecular weight excluding hydrogens is 426 g/mol. The normalized spacial score (nSPS) is 11.1. The lowest BCUT2D eigenvalue weighted by molar-refractivity contribution is -0.118. The average molecular weight is 448 g/mol. The number of amides is 1.